The molecule has 0 amide bonds. The van der Waals surface area contributed by atoms with Gasteiger partial charge in [-0.1, -0.05) is 25.4 Å². The molecule has 3 atom stereocenters. The lowest BCUT2D eigenvalue weighted by Crippen LogP contribution is -2.29. The third-order valence-corrected chi connectivity index (χ3v) is 4.15. The normalized spacial score (nSPS) is 27.0. The number of aromatic nitrogens is 1. The van der Waals surface area contributed by atoms with Gasteiger partial charge in [-0.2, -0.15) is 0 Å². The highest BCUT2D eigenvalue weighted by Gasteiger charge is 2.27. The molecule has 0 spiro atoms. The summed E-state index contributed by atoms with van der Waals surface area (Å²) >= 11 is 5.77. The van der Waals surface area contributed by atoms with Gasteiger partial charge in [0.1, 0.15) is 11.3 Å². The van der Waals surface area contributed by atoms with E-state index in [0.717, 1.165) is 19.3 Å². The van der Waals surface area contributed by atoms with Crippen LogP contribution in [0.4, 0.5) is 5.69 Å². The summed E-state index contributed by atoms with van der Waals surface area (Å²) in [5.74, 6) is 0.855. The van der Waals surface area contributed by atoms with E-state index in [1.54, 1.807) is 0 Å². The molecule has 1 aliphatic rings. The van der Waals surface area contributed by atoms with E-state index in [0.29, 0.717) is 23.1 Å². The molecule has 1 aromatic heterocycles. The number of halogens is 1. The molecule has 19 heavy (non-hydrogen) atoms. The molecule has 0 saturated heterocycles. The van der Waals surface area contributed by atoms with E-state index in [-0.39, 0.29) is 11.3 Å². The van der Waals surface area contributed by atoms with Crippen LogP contribution < -0.4 is 5.73 Å². The Bertz CT molecular complexity index is 479. The summed E-state index contributed by atoms with van der Waals surface area (Å²) in [4.78, 5) is 15.9. The topological polar surface area (TPSA) is 65.2 Å². The van der Waals surface area contributed by atoms with Crippen molar-refractivity contribution < 1.29 is 9.53 Å². The number of carbonyl (C=O) groups is 1. The molecule has 4 nitrogen and oxygen atoms in total. The number of nitrogen functional groups attached to an aromatic ring is 1. The van der Waals surface area contributed by atoms with Gasteiger partial charge in [-0.3, -0.25) is 0 Å². The molecule has 104 valence electrons. The van der Waals surface area contributed by atoms with E-state index in [1.807, 2.05) is 0 Å². The van der Waals surface area contributed by atoms with Crippen LogP contribution in [-0.2, 0) is 4.74 Å². The third-order valence-electron chi connectivity index (χ3n) is 3.95. The monoisotopic (exact) mass is 282 g/mol. The molecule has 0 bridgehead atoms. The molecule has 0 aliphatic heterocycles. The van der Waals surface area contributed by atoms with E-state index in [1.165, 1.54) is 12.3 Å². The Morgan fingerprint density at radius 3 is 2.84 bits per heavy atom. The van der Waals surface area contributed by atoms with E-state index >= 15 is 0 Å². The molecule has 1 saturated carbocycles. The molecule has 1 aromatic rings. The summed E-state index contributed by atoms with van der Waals surface area (Å²) in [7, 11) is 0. The predicted molar refractivity (Wildman–Crippen MR) is 75.0 cm³/mol. The molecule has 1 aliphatic carbocycles. The second-order valence-electron chi connectivity index (χ2n) is 5.39. The Kier molecular flexibility index (Phi) is 4.30. The maximum Gasteiger partial charge on any atom is 0.340 e. The van der Waals surface area contributed by atoms with Crippen LogP contribution in [-0.4, -0.2) is 17.1 Å². The van der Waals surface area contributed by atoms with Crippen LogP contribution in [0.2, 0.25) is 5.15 Å². The number of hydrogen-bond donors (Lipinski definition) is 1. The number of anilines is 1. The molecule has 1 heterocycles. The fourth-order valence-corrected chi connectivity index (χ4v) is 2.60. The van der Waals surface area contributed by atoms with Gasteiger partial charge in [-0.15, -0.1) is 0 Å². The van der Waals surface area contributed by atoms with Crippen molar-refractivity contribution in [3.8, 4) is 0 Å². The molecular weight excluding hydrogens is 264 g/mol. The fourth-order valence-electron chi connectivity index (χ4n) is 2.44. The van der Waals surface area contributed by atoms with Crippen molar-refractivity contribution in [3.05, 3.63) is 23.0 Å². The zero-order chi connectivity index (χ0) is 14.0. The number of nitrogens with two attached hydrogens (primary N) is 1. The average molecular weight is 283 g/mol. The van der Waals surface area contributed by atoms with Gasteiger partial charge in [0.05, 0.1) is 17.4 Å². The summed E-state index contributed by atoms with van der Waals surface area (Å²) in [6.07, 6.45) is 4.27. The van der Waals surface area contributed by atoms with Crippen molar-refractivity contribution in [2.24, 2.45) is 11.8 Å². The minimum absolute atomic E-state index is 0.0231. The third kappa shape index (κ3) is 3.38. The summed E-state index contributed by atoms with van der Waals surface area (Å²) in [5, 5.41) is 0.242. The number of nitrogens with zero attached hydrogens (tertiary/aromatic N) is 1. The van der Waals surface area contributed by atoms with Crippen LogP contribution in [0.1, 0.15) is 43.5 Å². The lowest BCUT2D eigenvalue weighted by Gasteiger charge is -2.31. The molecule has 1 fully saturated rings. The number of esters is 1. The van der Waals surface area contributed by atoms with Crippen LogP contribution in [0.3, 0.4) is 0 Å². The highest BCUT2D eigenvalue weighted by atomic mass is 35.5. The molecule has 2 rings (SSSR count). The predicted octanol–water partition coefficient (Wildman–Crippen LogP) is 3.30. The minimum atomic E-state index is -0.409. The Labute approximate surface area is 118 Å². The van der Waals surface area contributed by atoms with Crippen LogP contribution in [0, 0.1) is 11.8 Å². The summed E-state index contributed by atoms with van der Waals surface area (Å²) in [6.45, 7) is 4.44. The first-order valence-electron chi connectivity index (χ1n) is 6.59. The van der Waals surface area contributed by atoms with E-state index in [9.17, 15) is 4.79 Å². The minimum Gasteiger partial charge on any atom is -0.459 e. The summed E-state index contributed by atoms with van der Waals surface area (Å²) < 4.78 is 5.53. The first-order chi connectivity index (χ1) is 8.97. The van der Waals surface area contributed by atoms with Gasteiger partial charge in [0.2, 0.25) is 0 Å². The van der Waals surface area contributed by atoms with Crippen LogP contribution in [0.15, 0.2) is 12.3 Å². The number of rotatable bonds is 2. The van der Waals surface area contributed by atoms with Gasteiger partial charge in [-0.25, -0.2) is 9.78 Å². The Morgan fingerprint density at radius 2 is 2.16 bits per heavy atom. The van der Waals surface area contributed by atoms with Gasteiger partial charge in [-0.05, 0) is 37.2 Å². The second kappa shape index (κ2) is 5.78. The zero-order valence-corrected chi connectivity index (χ0v) is 12.0. The lowest BCUT2D eigenvalue weighted by molar-refractivity contribution is 0.00889. The SMILES string of the molecule is CC1CCC(OC(=O)c2cc(Cl)ncc2N)CC1C. The standard InChI is InChI=1S/C14H19ClN2O2/c1-8-3-4-10(5-9(8)2)19-14(18)11-6-13(15)17-7-12(11)16/h6-10H,3-5,16H2,1-2H3. The maximum absolute atomic E-state index is 12.1. The Morgan fingerprint density at radius 1 is 1.42 bits per heavy atom. The largest absolute Gasteiger partial charge is 0.459 e. The van der Waals surface area contributed by atoms with Gasteiger partial charge < -0.3 is 10.5 Å². The van der Waals surface area contributed by atoms with Gasteiger partial charge >= 0.3 is 5.97 Å². The number of pyridine rings is 1. The van der Waals surface area contributed by atoms with E-state index in [4.69, 9.17) is 22.1 Å². The molecule has 0 radical (unpaired) electrons. The van der Waals surface area contributed by atoms with Gasteiger partial charge in [0.15, 0.2) is 0 Å². The highest BCUT2D eigenvalue weighted by Crippen LogP contribution is 2.31. The van der Waals surface area contributed by atoms with Crippen LogP contribution >= 0.6 is 11.6 Å². The molecule has 5 heteroatoms. The Hall–Kier alpha value is -1.29. The summed E-state index contributed by atoms with van der Waals surface area (Å²) in [6, 6.07) is 1.45. The smallest absolute Gasteiger partial charge is 0.340 e. The van der Waals surface area contributed by atoms with Crippen molar-refractivity contribution >= 4 is 23.3 Å². The van der Waals surface area contributed by atoms with Crippen molar-refractivity contribution in [2.75, 3.05) is 5.73 Å². The lowest BCUT2D eigenvalue weighted by atomic mass is 9.80. The van der Waals surface area contributed by atoms with Gasteiger partial charge in [0, 0.05) is 0 Å². The second-order valence-corrected chi connectivity index (χ2v) is 5.78. The molecular formula is C14H19ClN2O2. The molecule has 2 N–H and O–H groups in total. The zero-order valence-electron chi connectivity index (χ0n) is 11.2. The van der Waals surface area contributed by atoms with Crippen LogP contribution in [0.25, 0.3) is 0 Å². The quantitative estimate of drug-likeness (QED) is 0.668. The maximum atomic E-state index is 12.1. The van der Waals surface area contributed by atoms with Crippen molar-refractivity contribution in [1.82, 2.24) is 4.98 Å². The average Bonchev–Trinajstić information content (AvgIpc) is 2.36. The van der Waals surface area contributed by atoms with Crippen molar-refractivity contribution in [3.63, 3.8) is 0 Å². The highest BCUT2D eigenvalue weighted by molar-refractivity contribution is 6.29. The number of hydrogen-bond acceptors (Lipinski definition) is 4. The van der Waals surface area contributed by atoms with E-state index in [2.05, 4.69) is 18.8 Å². The van der Waals surface area contributed by atoms with Gasteiger partial charge in [0.25, 0.3) is 0 Å². The molecule has 0 aromatic carbocycles. The molecule has 3 unspecified atom stereocenters. The first kappa shape index (κ1) is 14.1. The van der Waals surface area contributed by atoms with E-state index < -0.39 is 5.97 Å². The van der Waals surface area contributed by atoms with Crippen molar-refractivity contribution in [1.29, 1.82) is 0 Å². The summed E-state index contributed by atoms with van der Waals surface area (Å²) in [5.41, 5.74) is 6.32. The van der Waals surface area contributed by atoms with Crippen molar-refractivity contribution in [2.45, 2.75) is 39.2 Å². The number of ether oxygens (including phenoxy) is 1. The Balaban J connectivity index is 2.03. The fraction of sp³-hybridized carbons (Fsp3) is 0.571. The first-order valence-corrected chi connectivity index (χ1v) is 6.97. The van der Waals surface area contributed by atoms with Crippen LogP contribution in [0.5, 0.6) is 0 Å². The number of carbonyl (C=O) groups excluding carboxylic acids is 1.